The summed E-state index contributed by atoms with van der Waals surface area (Å²) in [6.45, 7) is 3.73. The molecule has 0 spiro atoms. The van der Waals surface area contributed by atoms with Gasteiger partial charge in [-0.3, -0.25) is 9.20 Å². The van der Waals surface area contributed by atoms with E-state index < -0.39 is 0 Å². The van der Waals surface area contributed by atoms with Crippen LogP contribution in [-0.4, -0.2) is 44.5 Å². The molecule has 28 heavy (non-hydrogen) atoms. The van der Waals surface area contributed by atoms with Crippen molar-refractivity contribution in [1.82, 2.24) is 24.3 Å². The van der Waals surface area contributed by atoms with Crippen molar-refractivity contribution in [2.75, 3.05) is 25.1 Å². The Morgan fingerprint density at radius 1 is 1.18 bits per heavy atom. The number of aryl methyl sites for hydroxylation is 1. The second kappa shape index (κ2) is 7.77. The first kappa shape index (κ1) is 18.1. The van der Waals surface area contributed by atoms with Crippen molar-refractivity contribution in [3.05, 3.63) is 64.6 Å². The van der Waals surface area contributed by atoms with Crippen LogP contribution in [0.4, 0.5) is 5.82 Å². The monoisotopic (exact) mass is 378 g/mol. The zero-order chi connectivity index (χ0) is 19.5. The van der Waals surface area contributed by atoms with Gasteiger partial charge in [-0.25, -0.2) is 15.0 Å². The highest BCUT2D eigenvalue weighted by molar-refractivity contribution is 5.84. The number of hydrogen-bond donors (Lipinski definition) is 1. The van der Waals surface area contributed by atoms with E-state index in [1.807, 2.05) is 49.2 Å². The molecule has 0 saturated heterocycles. The number of benzene rings is 1. The van der Waals surface area contributed by atoms with Crippen LogP contribution in [0.15, 0.2) is 47.7 Å². The van der Waals surface area contributed by atoms with Gasteiger partial charge in [-0.2, -0.15) is 0 Å². The van der Waals surface area contributed by atoms with Crippen LogP contribution < -0.4 is 10.5 Å². The van der Waals surface area contributed by atoms with Gasteiger partial charge in [0.05, 0.1) is 19.4 Å². The van der Waals surface area contributed by atoms with Gasteiger partial charge in [-0.15, -0.1) is 0 Å². The normalized spacial score (nSPS) is 11.4. The summed E-state index contributed by atoms with van der Waals surface area (Å²) in [6, 6.07) is 10.0. The average molecular weight is 378 g/mol. The number of nitrogens with zero attached hydrogens (tertiary/aromatic N) is 5. The van der Waals surface area contributed by atoms with Gasteiger partial charge in [0, 0.05) is 20.0 Å². The molecule has 8 nitrogen and oxygen atoms in total. The first-order valence-electron chi connectivity index (χ1n) is 9.25. The zero-order valence-electron chi connectivity index (χ0n) is 15.9. The van der Waals surface area contributed by atoms with E-state index >= 15 is 0 Å². The van der Waals surface area contributed by atoms with E-state index in [1.54, 1.807) is 10.6 Å². The van der Waals surface area contributed by atoms with Crippen molar-refractivity contribution in [2.24, 2.45) is 0 Å². The molecule has 0 bridgehead atoms. The fourth-order valence-corrected chi connectivity index (χ4v) is 3.22. The summed E-state index contributed by atoms with van der Waals surface area (Å²) in [4.78, 5) is 30.5. The van der Waals surface area contributed by atoms with Crippen LogP contribution in [-0.2, 0) is 17.8 Å². The molecule has 8 heteroatoms. The molecule has 3 aromatic heterocycles. The highest BCUT2D eigenvalue weighted by atomic mass is 16.5. The van der Waals surface area contributed by atoms with Gasteiger partial charge >= 0.3 is 0 Å². The lowest BCUT2D eigenvalue weighted by atomic mass is 10.2. The first-order valence-corrected chi connectivity index (χ1v) is 9.25. The van der Waals surface area contributed by atoms with Crippen LogP contribution in [0.1, 0.15) is 18.3 Å². The number of aromatic nitrogens is 5. The summed E-state index contributed by atoms with van der Waals surface area (Å²) in [5, 5.41) is 0. The van der Waals surface area contributed by atoms with E-state index in [1.165, 1.54) is 6.33 Å². The highest BCUT2D eigenvalue weighted by Crippen LogP contribution is 2.20. The van der Waals surface area contributed by atoms with Crippen molar-refractivity contribution in [2.45, 2.75) is 20.0 Å². The number of rotatable bonds is 7. The minimum atomic E-state index is -0.204. The van der Waals surface area contributed by atoms with Crippen LogP contribution in [0.2, 0.25) is 0 Å². The van der Waals surface area contributed by atoms with Crippen LogP contribution in [0.3, 0.4) is 0 Å². The Bertz CT molecular complexity index is 1150. The molecule has 0 aliphatic rings. The number of ether oxygens (including phenoxy) is 1. The van der Waals surface area contributed by atoms with Gasteiger partial charge in [0.1, 0.15) is 23.2 Å². The Kier molecular flexibility index (Phi) is 5.03. The lowest BCUT2D eigenvalue weighted by Gasteiger charge is -2.19. The predicted octanol–water partition coefficient (Wildman–Crippen LogP) is 2.18. The lowest BCUT2D eigenvalue weighted by molar-refractivity contribution is 0.127. The van der Waals surface area contributed by atoms with Crippen molar-refractivity contribution >= 4 is 22.5 Å². The number of aromatic amines is 1. The van der Waals surface area contributed by atoms with Gasteiger partial charge in [-0.05, 0) is 5.56 Å². The fourth-order valence-electron chi connectivity index (χ4n) is 3.22. The summed E-state index contributed by atoms with van der Waals surface area (Å²) in [5.74, 6) is 1.45. The second-order valence-electron chi connectivity index (χ2n) is 6.56. The SMILES string of the molecule is CCc1ncc2c(=O)[nH]c3c(N(C)CCOCc4ccccc4)ncnc3n12. The molecule has 0 saturated carbocycles. The molecular formula is C20H22N6O2. The molecule has 144 valence electrons. The standard InChI is InChI=1S/C20H22N6O2/c1-3-16-21-11-15-20(27)24-17-18(22-13-23-19(17)26(15)16)25(2)9-10-28-12-14-7-5-4-6-8-14/h4-8,11,13H,3,9-10,12H2,1-2H3,(H,24,27). The third kappa shape index (κ3) is 3.34. The summed E-state index contributed by atoms with van der Waals surface area (Å²) in [6.07, 6.45) is 3.80. The summed E-state index contributed by atoms with van der Waals surface area (Å²) < 4.78 is 7.57. The molecule has 3 heterocycles. The maximum Gasteiger partial charge on any atom is 0.274 e. The molecule has 0 atom stereocenters. The third-order valence-corrected chi connectivity index (χ3v) is 4.69. The minimum Gasteiger partial charge on any atom is -0.375 e. The van der Waals surface area contributed by atoms with Crippen LogP contribution in [0, 0.1) is 0 Å². The first-order chi connectivity index (χ1) is 13.7. The lowest BCUT2D eigenvalue weighted by Crippen LogP contribution is -2.25. The number of nitrogens with one attached hydrogen (secondary N) is 1. The molecule has 0 aliphatic heterocycles. The molecule has 0 aliphatic carbocycles. The summed E-state index contributed by atoms with van der Waals surface area (Å²) in [5.41, 5.74) is 2.66. The Hall–Kier alpha value is -3.26. The smallest absolute Gasteiger partial charge is 0.274 e. The molecule has 1 aromatic carbocycles. The van der Waals surface area contributed by atoms with Gasteiger partial charge in [-0.1, -0.05) is 37.3 Å². The highest BCUT2D eigenvalue weighted by Gasteiger charge is 2.16. The van der Waals surface area contributed by atoms with Crippen LogP contribution in [0.5, 0.6) is 0 Å². The second-order valence-corrected chi connectivity index (χ2v) is 6.56. The van der Waals surface area contributed by atoms with Crippen molar-refractivity contribution in [3.8, 4) is 0 Å². The minimum absolute atomic E-state index is 0.204. The van der Waals surface area contributed by atoms with E-state index in [0.29, 0.717) is 48.7 Å². The molecule has 0 radical (unpaired) electrons. The van der Waals surface area contributed by atoms with Gasteiger partial charge in [0.2, 0.25) is 0 Å². The zero-order valence-corrected chi connectivity index (χ0v) is 15.9. The largest absolute Gasteiger partial charge is 0.375 e. The molecule has 0 fully saturated rings. The van der Waals surface area contributed by atoms with Gasteiger partial charge in [0.15, 0.2) is 11.5 Å². The van der Waals surface area contributed by atoms with E-state index in [0.717, 1.165) is 11.4 Å². The van der Waals surface area contributed by atoms with E-state index in [9.17, 15) is 4.79 Å². The Labute approximate surface area is 161 Å². The van der Waals surface area contributed by atoms with Crippen molar-refractivity contribution < 1.29 is 4.74 Å². The topological polar surface area (TPSA) is 88.4 Å². The molecule has 4 aromatic rings. The van der Waals surface area contributed by atoms with Crippen LogP contribution >= 0.6 is 0 Å². The van der Waals surface area contributed by atoms with Gasteiger partial charge in [0.25, 0.3) is 5.56 Å². The number of imidazole rings is 1. The Morgan fingerprint density at radius 2 is 2.00 bits per heavy atom. The van der Waals surface area contributed by atoms with E-state index in [4.69, 9.17) is 4.74 Å². The van der Waals surface area contributed by atoms with E-state index in [2.05, 4.69) is 19.9 Å². The molecule has 0 unspecified atom stereocenters. The number of anilines is 1. The third-order valence-electron chi connectivity index (χ3n) is 4.69. The average Bonchev–Trinajstić information content (AvgIpc) is 3.17. The maximum absolute atomic E-state index is 12.5. The number of fused-ring (bicyclic) bond motifs is 3. The summed E-state index contributed by atoms with van der Waals surface area (Å²) >= 11 is 0. The summed E-state index contributed by atoms with van der Waals surface area (Å²) in [7, 11) is 1.92. The van der Waals surface area contributed by atoms with Crippen molar-refractivity contribution in [1.29, 1.82) is 0 Å². The molecular weight excluding hydrogens is 356 g/mol. The van der Waals surface area contributed by atoms with Gasteiger partial charge < -0.3 is 14.6 Å². The number of likely N-dealkylation sites (N-methyl/N-ethyl adjacent to an activating group) is 1. The maximum atomic E-state index is 12.5. The molecule has 1 N–H and O–H groups in total. The Morgan fingerprint density at radius 3 is 2.79 bits per heavy atom. The Balaban J connectivity index is 1.58. The number of H-pyrrole nitrogens is 1. The van der Waals surface area contributed by atoms with E-state index in [-0.39, 0.29) is 5.56 Å². The number of hydrogen-bond acceptors (Lipinski definition) is 6. The fraction of sp³-hybridized carbons (Fsp3) is 0.300. The molecule has 4 rings (SSSR count). The van der Waals surface area contributed by atoms with Crippen LogP contribution in [0.25, 0.3) is 16.7 Å². The molecule has 0 amide bonds. The predicted molar refractivity (Wildman–Crippen MR) is 108 cm³/mol. The quantitative estimate of drug-likeness (QED) is 0.496. The van der Waals surface area contributed by atoms with Crippen molar-refractivity contribution in [3.63, 3.8) is 0 Å².